The van der Waals surface area contributed by atoms with E-state index < -0.39 is 5.82 Å². The number of amides is 1. The highest BCUT2D eigenvalue weighted by Crippen LogP contribution is 2.25. The summed E-state index contributed by atoms with van der Waals surface area (Å²) >= 11 is 0. The lowest BCUT2D eigenvalue weighted by Gasteiger charge is -2.30. The molecule has 0 unspecified atom stereocenters. The molecule has 1 N–H and O–H groups in total. The van der Waals surface area contributed by atoms with Gasteiger partial charge in [0.25, 0.3) is 5.56 Å². The van der Waals surface area contributed by atoms with Crippen molar-refractivity contribution in [2.45, 2.75) is 19.4 Å². The average Bonchev–Trinajstić information content (AvgIpc) is 2.52. The molecule has 2 aromatic rings. The number of benzene rings is 1. The number of carbonyl (C=O) groups excluding carboxylic acids is 1. The lowest BCUT2D eigenvalue weighted by Crippen LogP contribution is -2.38. The number of rotatable bonds is 3. The van der Waals surface area contributed by atoms with E-state index in [4.69, 9.17) is 0 Å². The molecule has 1 aliphatic rings. The molecule has 23 heavy (non-hydrogen) atoms. The largest absolute Gasteiger partial charge is 0.338 e. The molecule has 0 spiro atoms. The second-order valence-corrected chi connectivity index (χ2v) is 6.22. The van der Waals surface area contributed by atoms with Crippen molar-refractivity contribution >= 4 is 16.7 Å². The Morgan fingerprint density at radius 3 is 2.87 bits per heavy atom. The highest BCUT2D eigenvalue weighted by atomic mass is 19.1. The summed E-state index contributed by atoms with van der Waals surface area (Å²) in [5, 5.41) is 1.07. The second-order valence-electron chi connectivity index (χ2n) is 6.22. The highest BCUT2D eigenvalue weighted by molar-refractivity contribution is 5.86. The lowest BCUT2D eigenvalue weighted by atomic mass is 9.98. The average molecular weight is 317 g/mol. The van der Waals surface area contributed by atoms with Crippen LogP contribution in [0.5, 0.6) is 0 Å². The first-order valence-electron chi connectivity index (χ1n) is 7.71. The number of aromatic nitrogens is 1. The molecule has 1 aliphatic heterocycles. The maximum absolute atomic E-state index is 13.4. The topological polar surface area (TPSA) is 56.4 Å². The Labute approximate surface area is 133 Å². The summed E-state index contributed by atoms with van der Waals surface area (Å²) in [5.41, 5.74) is 1.50. The van der Waals surface area contributed by atoms with Gasteiger partial charge in [0, 0.05) is 38.2 Å². The Morgan fingerprint density at radius 2 is 2.13 bits per heavy atom. The molecule has 0 atom stereocenters. The number of halogens is 1. The monoisotopic (exact) mass is 317 g/mol. The van der Waals surface area contributed by atoms with Crippen LogP contribution in [-0.2, 0) is 17.8 Å². The van der Waals surface area contributed by atoms with E-state index in [1.807, 2.05) is 23.9 Å². The summed E-state index contributed by atoms with van der Waals surface area (Å²) < 4.78 is 13.4. The first-order chi connectivity index (χ1) is 11.0. The molecule has 0 saturated heterocycles. The van der Waals surface area contributed by atoms with Crippen LogP contribution in [-0.4, -0.2) is 47.9 Å². The van der Waals surface area contributed by atoms with Crippen molar-refractivity contribution in [2.75, 3.05) is 27.2 Å². The van der Waals surface area contributed by atoms with Gasteiger partial charge in [-0.2, -0.15) is 0 Å². The quantitative estimate of drug-likeness (QED) is 0.933. The van der Waals surface area contributed by atoms with Gasteiger partial charge < -0.3 is 14.8 Å². The third kappa shape index (κ3) is 3.12. The van der Waals surface area contributed by atoms with Crippen molar-refractivity contribution in [3.63, 3.8) is 0 Å². The number of fused-ring (bicyclic) bond motifs is 3. The molecular weight excluding hydrogens is 297 g/mol. The van der Waals surface area contributed by atoms with Crippen LogP contribution in [0.15, 0.2) is 23.0 Å². The number of H-pyrrole nitrogens is 1. The minimum atomic E-state index is -0.433. The summed E-state index contributed by atoms with van der Waals surface area (Å²) in [6, 6.07) is 4.24. The molecule has 0 fully saturated rings. The maximum Gasteiger partial charge on any atom is 0.256 e. The number of nitrogens with zero attached hydrogens (tertiary/aromatic N) is 2. The zero-order valence-corrected chi connectivity index (χ0v) is 13.4. The molecule has 0 radical (unpaired) electrons. The van der Waals surface area contributed by atoms with Gasteiger partial charge in [-0.1, -0.05) is 6.07 Å². The van der Waals surface area contributed by atoms with Crippen LogP contribution in [0.25, 0.3) is 10.8 Å². The van der Waals surface area contributed by atoms with Crippen molar-refractivity contribution in [3.8, 4) is 0 Å². The minimum Gasteiger partial charge on any atom is -0.338 e. The zero-order valence-electron chi connectivity index (χ0n) is 13.4. The van der Waals surface area contributed by atoms with Crippen LogP contribution < -0.4 is 5.56 Å². The summed E-state index contributed by atoms with van der Waals surface area (Å²) in [6.07, 6.45) is 1.09. The van der Waals surface area contributed by atoms with Gasteiger partial charge in [-0.15, -0.1) is 0 Å². The van der Waals surface area contributed by atoms with E-state index in [-0.39, 0.29) is 11.5 Å². The Kier molecular flexibility index (Phi) is 4.17. The van der Waals surface area contributed by atoms with Gasteiger partial charge >= 0.3 is 0 Å². The van der Waals surface area contributed by atoms with Crippen LogP contribution in [0.4, 0.5) is 4.39 Å². The van der Waals surface area contributed by atoms with Gasteiger partial charge in [0.1, 0.15) is 5.82 Å². The number of nitrogens with one attached hydrogen (secondary N) is 1. The predicted molar refractivity (Wildman–Crippen MR) is 86.8 cm³/mol. The van der Waals surface area contributed by atoms with Crippen molar-refractivity contribution in [1.82, 2.24) is 14.8 Å². The van der Waals surface area contributed by atoms with Crippen LogP contribution in [0, 0.1) is 5.82 Å². The number of hydrogen-bond acceptors (Lipinski definition) is 3. The fraction of sp³-hybridized carbons (Fsp3) is 0.412. The zero-order chi connectivity index (χ0) is 16.6. The van der Waals surface area contributed by atoms with E-state index >= 15 is 0 Å². The van der Waals surface area contributed by atoms with Gasteiger partial charge in [-0.25, -0.2) is 4.39 Å². The molecule has 1 aromatic carbocycles. The Morgan fingerprint density at radius 1 is 1.35 bits per heavy atom. The highest BCUT2D eigenvalue weighted by Gasteiger charge is 2.23. The Bertz CT molecular complexity index is 813. The first kappa shape index (κ1) is 15.7. The molecule has 0 aliphatic carbocycles. The Balaban J connectivity index is 1.93. The summed E-state index contributed by atoms with van der Waals surface area (Å²) in [6.45, 7) is 1.77. The van der Waals surface area contributed by atoms with Gasteiger partial charge in [0.05, 0.1) is 5.39 Å². The smallest absolute Gasteiger partial charge is 0.256 e. The van der Waals surface area contributed by atoms with Crippen LogP contribution in [0.2, 0.25) is 0 Å². The van der Waals surface area contributed by atoms with Crippen molar-refractivity contribution in [1.29, 1.82) is 0 Å². The molecule has 122 valence electrons. The number of pyridine rings is 1. The van der Waals surface area contributed by atoms with E-state index in [2.05, 4.69) is 4.98 Å². The van der Waals surface area contributed by atoms with E-state index in [0.717, 1.165) is 16.6 Å². The van der Waals surface area contributed by atoms with Crippen LogP contribution in [0.1, 0.15) is 17.7 Å². The third-order valence-corrected chi connectivity index (χ3v) is 4.29. The van der Waals surface area contributed by atoms with E-state index in [0.29, 0.717) is 37.9 Å². The van der Waals surface area contributed by atoms with Crippen LogP contribution in [0.3, 0.4) is 0 Å². The van der Waals surface area contributed by atoms with Crippen molar-refractivity contribution in [3.05, 3.63) is 45.6 Å². The van der Waals surface area contributed by atoms with Gasteiger partial charge in [-0.3, -0.25) is 9.59 Å². The molecule has 6 heteroatoms. The molecule has 1 amide bonds. The van der Waals surface area contributed by atoms with E-state index in [9.17, 15) is 14.0 Å². The van der Waals surface area contributed by atoms with Gasteiger partial charge in [-0.05, 0) is 37.2 Å². The Hall–Kier alpha value is -2.21. The molecule has 2 heterocycles. The molecule has 5 nitrogen and oxygen atoms in total. The predicted octanol–water partition coefficient (Wildman–Crippen LogP) is 1.50. The SMILES string of the molecule is CN(C)CCC(=O)N1CCc2[nH]c(=O)c3cc(F)ccc3c2C1. The molecule has 0 saturated carbocycles. The fourth-order valence-electron chi connectivity index (χ4n) is 3.01. The van der Waals surface area contributed by atoms with Gasteiger partial charge in [0.2, 0.25) is 5.91 Å². The molecule has 0 bridgehead atoms. The molecule has 3 rings (SSSR count). The van der Waals surface area contributed by atoms with Crippen molar-refractivity contribution < 1.29 is 9.18 Å². The summed E-state index contributed by atoms with van der Waals surface area (Å²) in [7, 11) is 3.87. The number of carbonyl (C=O) groups is 1. The van der Waals surface area contributed by atoms with Crippen LogP contribution >= 0.6 is 0 Å². The maximum atomic E-state index is 13.4. The molecular formula is C17H20FN3O2. The van der Waals surface area contributed by atoms with E-state index in [1.165, 1.54) is 12.1 Å². The summed E-state index contributed by atoms with van der Waals surface area (Å²) in [4.78, 5) is 31.1. The normalized spacial score (nSPS) is 14.3. The van der Waals surface area contributed by atoms with Crippen molar-refractivity contribution in [2.24, 2.45) is 0 Å². The fourth-order valence-corrected chi connectivity index (χ4v) is 3.01. The standard InChI is InChI=1S/C17H20FN3O2/c1-20(2)7-6-16(22)21-8-5-15-14(10-21)12-4-3-11(18)9-13(12)17(23)19-15/h3-4,9H,5-8,10H2,1-2H3,(H,19,23). The number of hydrogen-bond donors (Lipinski definition) is 1. The minimum absolute atomic E-state index is 0.103. The van der Waals surface area contributed by atoms with E-state index in [1.54, 1.807) is 6.07 Å². The number of aromatic amines is 1. The first-order valence-corrected chi connectivity index (χ1v) is 7.71. The molecule has 1 aromatic heterocycles. The summed E-state index contributed by atoms with van der Waals surface area (Å²) in [5.74, 6) is -0.330. The van der Waals surface area contributed by atoms with Gasteiger partial charge in [0.15, 0.2) is 0 Å². The second kappa shape index (κ2) is 6.12. The third-order valence-electron chi connectivity index (χ3n) is 4.29. The lowest BCUT2D eigenvalue weighted by molar-refractivity contribution is -0.132.